The molecule has 1 aliphatic heterocycles. The molecule has 0 unspecified atom stereocenters. The van der Waals surface area contributed by atoms with Crippen molar-refractivity contribution >= 4 is 11.4 Å². The Morgan fingerprint density at radius 3 is 2.93 bits per heavy atom. The summed E-state index contributed by atoms with van der Waals surface area (Å²) in [4.78, 5) is 6.25. The zero-order valence-electron chi connectivity index (χ0n) is 9.06. The molecule has 2 heterocycles. The van der Waals surface area contributed by atoms with Crippen molar-refractivity contribution in [3.05, 3.63) is 18.5 Å². The van der Waals surface area contributed by atoms with Gasteiger partial charge in [0.25, 0.3) is 0 Å². The van der Waals surface area contributed by atoms with Crippen LogP contribution in [-0.4, -0.2) is 24.1 Å². The molecule has 4 nitrogen and oxygen atoms in total. The molecule has 0 radical (unpaired) electrons. The van der Waals surface area contributed by atoms with E-state index in [2.05, 4.69) is 16.8 Å². The Labute approximate surface area is 90.3 Å². The predicted octanol–water partition coefficient (Wildman–Crippen LogP) is 0.837. The lowest BCUT2D eigenvalue weighted by molar-refractivity contribution is 0.402. The number of nitrogens with two attached hydrogens (primary N) is 2. The quantitative estimate of drug-likeness (QED) is 0.714. The van der Waals surface area contributed by atoms with E-state index in [1.807, 2.05) is 6.07 Å². The molecule has 82 valence electrons. The highest BCUT2D eigenvalue weighted by Gasteiger charge is 2.23. The van der Waals surface area contributed by atoms with E-state index in [9.17, 15) is 0 Å². The molecule has 0 amide bonds. The fourth-order valence-corrected chi connectivity index (χ4v) is 2.28. The van der Waals surface area contributed by atoms with Crippen LogP contribution in [0.25, 0.3) is 0 Å². The van der Waals surface area contributed by atoms with Crippen LogP contribution >= 0.6 is 0 Å². The second-order valence-corrected chi connectivity index (χ2v) is 4.44. The minimum Gasteiger partial charge on any atom is -0.396 e. The van der Waals surface area contributed by atoms with Gasteiger partial charge in [-0.2, -0.15) is 0 Å². The molecule has 2 rings (SSSR count). The highest BCUT2D eigenvalue weighted by atomic mass is 15.2. The molecule has 15 heavy (non-hydrogen) atoms. The first-order chi connectivity index (χ1) is 7.16. The second kappa shape index (κ2) is 4.06. The van der Waals surface area contributed by atoms with Crippen LogP contribution in [0.5, 0.6) is 0 Å². The van der Waals surface area contributed by atoms with Gasteiger partial charge in [0, 0.05) is 25.3 Å². The Bertz CT molecular complexity index is 329. The number of rotatable bonds is 1. The number of aromatic nitrogens is 1. The Morgan fingerprint density at radius 1 is 1.47 bits per heavy atom. The van der Waals surface area contributed by atoms with Gasteiger partial charge in [-0.15, -0.1) is 0 Å². The van der Waals surface area contributed by atoms with Crippen LogP contribution in [0.15, 0.2) is 18.5 Å². The van der Waals surface area contributed by atoms with E-state index in [1.165, 1.54) is 0 Å². The summed E-state index contributed by atoms with van der Waals surface area (Å²) in [7, 11) is 0. The summed E-state index contributed by atoms with van der Waals surface area (Å²) in [6.07, 6.45) is 4.57. The van der Waals surface area contributed by atoms with Crippen molar-refractivity contribution in [1.29, 1.82) is 0 Å². The molecule has 0 bridgehead atoms. The van der Waals surface area contributed by atoms with Crippen LogP contribution in [0.2, 0.25) is 0 Å². The first-order valence-electron chi connectivity index (χ1n) is 5.37. The normalized spacial score (nSPS) is 26.7. The van der Waals surface area contributed by atoms with Gasteiger partial charge in [-0.05, 0) is 18.4 Å². The molecule has 0 aromatic carbocycles. The van der Waals surface area contributed by atoms with Crippen molar-refractivity contribution in [2.45, 2.75) is 19.4 Å². The van der Waals surface area contributed by atoms with Gasteiger partial charge in [0.05, 0.1) is 17.6 Å². The predicted molar refractivity (Wildman–Crippen MR) is 62.6 cm³/mol. The highest BCUT2D eigenvalue weighted by molar-refractivity contribution is 5.66. The van der Waals surface area contributed by atoms with Crippen molar-refractivity contribution in [2.24, 2.45) is 11.7 Å². The molecule has 0 saturated carbocycles. The Hall–Kier alpha value is -1.29. The number of hydrogen-bond acceptors (Lipinski definition) is 4. The van der Waals surface area contributed by atoms with E-state index in [0.29, 0.717) is 5.92 Å². The molecule has 0 aliphatic carbocycles. The Balaban J connectivity index is 2.20. The first-order valence-corrected chi connectivity index (χ1v) is 5.37. The number of pyridine rings is 1. The Kier molecular flexibility index (Phi) is 2.77. The third kappa shape index (κ3) is 2.21. The number of hydrogen-bond donors (Lipinski definition) is 2. The average molecular weight is 206 g/mol. The van der Waals surface area contributed by atoms with Gasteiger partial charge in [-0.3, -0.25) is 4.98 Å². The third-order valence-electron chi connectivity index (χ3n) is 2.86. The third-order valence-corrected chi connectivity index (χ3v) is 2.86. The molecule has 1 fully saturated rings. The maximum absolute atomic E-state index is 6.00. The first kappa shape index (κ1) is 10.2. The van der Waals surface area contributed by atoms with Gasteiger partial charge >= 0.3 is 0 Å². The molecular weight excluding hydrogens is 188 g/mol. The molecule has 4 N–H and O–H groups in total. The number of anilines is 2. The van der Waals surface area contributed by atoms with Gasteiger partial charge < -0.3 is 16.4 Å². The zero-order valence-corrected chi connectivity index (χ0v) is 9.06. The van der Waals surface area contributed by atoms with Crippen molar-refractivity contribution in [1.82, 2.24) is 4.98 Å². The summed E-state index contributed by atoms with van der Waals surface area (Å²) in [5.41, 5.74) is 13.7. The minimum atomic E-state index is 0.251. The topological polar surface area (TPSA) is 68.2 Å². The fraction of sp³-hybridized carbons (Fsp3) is 0.545. The lowest BCUT2D eigenvalue weighted by atomic mass is 9.96. The standard InChI is InChI=1S/C11H18N4/c1-8-4-9(12)7-15(6-8)11-2-3-14-5-10(11)13/h2-3,5,8-9H,4,6-7,12-13H2,1H3/t8-,9+/m1/s1. The summed E-state index contributed by atoms with van der Waals surface area (Å²) in [6.45, 7) is 4.14. The monoisotopic (exact) mass is 206 g/mol. The second-order valence-electron chi connectivity index (χ2n) is 4.44. The molecule has 4 heteroatoms. The summed E-state index contributed by atoms with van der Waals surface area (Å²) < 4.78 is 0. The van der Waals surface area contributed by atoms with E-state index < -0.39 is 0 Å². The average Bonchev–Trinajstić information content (AvgIpc) is 2.16. The van der Waals surface area contributed by atoms with E-state index in [0.717, 1.165) is 30.9 Å². The Morgan fingerprint density at radius 2 is 2.27 bits per heavy atom. The van der Waals surface area contributed by atoms with Crippen molar-refractivity contribution in [3.8, 4) is 0 Å². The zero-order chi connectivity index (χ0) is 10.8. The molecular formula is C11H18N4. The van der Waals surface area contributed by atoms with Crippen LogP contribution < -0.4 is 16.4 Å². The van der Waals surface area contributed by atoms with E-state index in [4.69, 9.17) is 11.5 Å². The van der Waals surface area contributed by atoms with Gasteiger partial charge in [0.1, 0.15) is 0 Å². The van der Waals surface area contributed by atoms with Crippen LogP contribution in [0, 0.1) is 5.92 Å². The van der Waals surface area contributed by atoms with E-state index in [1.54, 1.807) is 12.4 Å². The van der Waals surface area contributed by atoms with Crippen LogP contribution in [0.3, 0.4) is 0 Å². The summed E-state index contributed by atoms with van der Waals surface area (Å²) in [6, 6.07) is 2.21. The van der Waals surface area contributed by atoms with Crippen molar-refractivity contribution in [2.75, 3.05) is 23.7 Å². The maximum atomic E-state index is 6.00. The molecule has 1 aliphatic rings. The maximum Gasteiger partial charge on any atom is 0.0738 e. The lowest BCUT2D eigenvalue weighted by Gasteiger charge is -2.36. The molecule has 1 saturated heterocycles. The molecule has 2 atom stereocenters. The van der Waals surface area contributed by atoms with Gasteiger partial charge in [-0.1, -0.05) is 6.92 Å². The fourth-order valence-electron chi connectivity index (χ4n) is 2.28. The van der Waals surface area contributed by atoms with Crippen LogP contribution in [-0.2, 0) is 0 Å². The number of piperidine rings is 1. The summed E-state index contributed by atoms with van der Waals surface area (Å²) in [5, 5.41) is 0. The molecule has 1 aromatic heterocycles. The summed E-state index contributed by atoms with van der Waals surface area (Å²) >= 11 is 0. The SMILES string of the molecule is C[C@@H]1C[C@H](N)CN(c2ccncc2N)C1. The van der Waals surface area contributed by atoms with Crippen LogP contribution in [0.1, 0.15) is 13.3 Å². The van der Waals surface area contributed by atoms with Crippen LogP contribution in [0.4, 0.5) is 11.4 Å². The summed E-state index contributed by atoms with van der Waals surface area (Å²) in [5.74, 6) is 0.626. The highest BCUT2D eigenvalue weighted by Crippen LogP contribution is 2.26. The molecule has 1 aromatic rings. The number of nitrogen functional groups attached to an aromatic ring is 1. The molecule has 0 spiro atoms. The van der Waals surface area contributed by atoms with E-state index in [-0.39, 0.29) is 6.04 Å². The minimum absolute atomic E-state index is 0.251. The van der Waals surface area contributed by atoms with Crippen molar-refractivity contribution < 1.29 is 0 Å². The van der Waals surface area contributed by atoms with E-state index >= 15 is 0 Å². The number of nitrogens with zero attached hydrogens (tertiary/aromatic N) is 2. The van der Waals surface area contributed by atoms with Gasteiger partial charge in [0.2, 0.25) is 0 Å². The van der Waals surface area contributed by atoms with Gasteiger partial charge in [0.15, 0.2) is 0 Å². The largest absolute Gasteiger partial charge is 0.396 e. The lowest BCUT2D eigenvalue weighted by Crippen LogP contribution is -2.46. The smallest absolute Gasteiger partial charge is 0.0738 e. The van der Waals surface area contributed by atoms with Gasteiger partial charge in [-0.25, -0.2) is 0 Å². The van der Waals surface area contributed by atoms with Crippen molar-refractivity contribution in [3.63, 3.8) is 0 Å².